The maximum Gasteiger partial charge on any atom is 0.243 e. The van der Waals surface area contributed by atoms with E-state index < -0.39 is 10.0 Å². The zero-order valence-corrected chi connectivity index (χ0v) is 17.4. The van der Waals surface area contributed by atoms with Crippen LogP contribution in [-0.2, 0) is 21.2 Å². The van der Waals surface area contributed by atoms with Gasteiger partial charge in [0.05, 0.1) is 12.0 Å². The fourth-order valence-electron chi connectivity index (χ4n) is 4.58. The first-order chi connectivity index (χ1) is 14.4. The lowest BCUT2D eigenvalue weighted by Crippen LogP contribution is -2.34. The molecule has 1 amide bonds. The van der Waals surface area contributed by atoms with Crippen molar-refractivity contribution in [1.29, 1.82) is 0 Å². The molecule has 10 heteroatoms. The van der Waals surface area contributed by atoms with Crippen LogP contribution in [0.25, 0.3) is 0 Å². The number of methoxy groups -OCH3 is 1. The molecule has 2 unspecified atom stereocenters. The molecule has 1 N–H and O–H groups in total. The van der Waals surface area contributed by atoms with E-state index in [1.807, 2.05) is 0 Å². The number of aryl methyl sites for hydroxylation is 1. The van der Waals surface area contributed by atoms with Crippen LogP contribution in [0.2, 0.25) is 0 Å². The molecule has 0 saturated carbocycles. The Balaban J connectivity index is 1.30. The molecule has 3 aliphatic rings. The van der Waals surface area contributed by atoms with Gasteiger partial charge in [0.1, 0.15) is 0 Å². The van der Waals surface area contributed by atoms with Crippen molar-refractivity contribution in [2.75, 3.05) is 43.5 Å². The Morgan fingerprint density at radius 2 is 1.87 bits per heavy atom. The number of nitrogens with one attached hydrogen (secondary N) is 1. The molecule has 4 heterocycles. The summed E-state index contributed by atoms with van der Waals surface area (Å²) >= 11 is 0. The van der Waals surface area contributed by atoms with Crippen LogP contribution in [0.15, 0.2) is 35.4 Å². The molecule has 0 aliphatic carbocycles. The number of amides is 1. The molecule has 5 rings (SSSR count). The van der Waals surface area contributed by atoms with E-state index in [-0.39, 0.29) is 17.7 Å². The van der Waals surface area contributed by atoms with E-state index in [1.165, 1.54) is 0 Å². The minimum Gasteiger partial charge on any atom is -0.481 e. The molecule has 1 aromatic heterocycles. The normalized spacial score (nSPS) is 23.8. The fraction of sp³-hybridized carbons (Fsp3) is 0.450. The second kappa shape index (κ2) is 7.21. The number of sulfonamides is 1. The Kier molecular flexibility index (Phi) is 4.62. The average Bonchev–Trinajstić information content (AvgIpc) is 3.33. The highest BCUT2D eigenvalue weighted by Gasteiger charge is 2.45. The largest absolute Gasteiger partial charge is 0.481 e. The van der Waals surface area contributed by atoms with E-state index >= 15 is 0 Å². The minimum atomic E-state index is -3.57. The summed E-state index contributed by atoms with van der Waals surface area (Å²) < 4.78 is 33.2. The monoisotopic (exact) mass is 429 g/mol. The maximum absolute atomic E-state index is 13.2. The summed E-state index contributed by atoms with van der Waals surface area (Å²) in [5, 5.41) is 2.80. The predicted molar refractivity (Wildman–Crippen MR) is 110 cm³/mol. The van der Waals surface area contributed by atoms with Gasteiger partial charge in [-0.15, -0.1) is 0 Å². The lowest BCUT2D eigenvalue weighted by atomic mass is 10.0. The first-order valence-corrected chi connectivity index (χ1v) is 11.4. The van der Waals surface area contributed by atoms with Gasteiger partial charge in [0, 0.05) is 50.6 Å². The number of rotatable bonds is 4. The highest BCUT2D eigenvalue weighted by molar-refractivity contribution is 7.89. The maximum atomic E-state index is 13.2. The van der Waals surface area contributed by atoms with E-state index in [9.17, 15) is 13.2 Å². The van der Waals surface area contributed by atoms with E-state index in [1.54, 1.807) is 41.9 Å². The standard InChI is InChI=1S/C20H23N5O4S/c1-29-19-6-7-21-20(23-19)24-9-14-11-25(12-15(14)10-24)30(27,28)16-3-4-17-13(8-16)2-5-18(26)22-17/h3-4,6-8,14-15H,2,5,9-12H2,1H3,(H,22,26). The van der Waals surface area contributed by atoms with Crippen molar-refractivity contribution in [3.8, 4) is 5.88 Å². The Morgan fingerprint density at radius 3 is 2.60 bits per heavy atom. The molecule has 2 atom stereocenters. The van der Waals surface area contributed by atoms with E-state index in [2.05, 4.69) is 20.2 Å². The molecule has 1 aromatic carbocycles. The van der Waals surface area contributed by atoms with Crippen molar-refractivity contribution in [3.63, 3.8) is 0 Å². The number of anilines is 2. The van der Waals surface area contributed by atoms with Gasteiger partial charge in [0.15, 0.2) is 0 Å². The van der Waals surface area contributed by atoms with Crippen LogP contribution in [-0.4, -0.2) is 61.9 Å². The summed E-state index contributed by atoms with van der Waals surface area (Å²) in [6.45, 7) is 2.42. The smallest absolute Gasteiger partial charge is 0.243 e. The second-order valence-electron chi connectivity index (χ2n) is 8.01. The van der Waals surface area contributed by atoms with Gasteiger partial charge in [-0.05, 0) is 42.0 Å². The minimum absolute atomic E-state index is 0.0324. The Bertz CT molecular complexity index is 1090. The van der Waals surface area contributed by atoms with Crippen LogP contribution in [0.5, 0.6) is 5.88 Å². The molecule has 2 aromatic rings. The van der Waals surface area contributed by atoms with Gasteiger partial charge < -0.3 is 15.0 Å². The van der Waals surface area contributed by atoms with E-state index in [0.29, 0.717) is 48.3 Å². The lowest BCUT2D eigenvalue weighted by Gasteiger charge is -2.23. The topological polar surface area (TPSA) is 105 Å². The fourth-order valence-corrected chi connectivity index (χ4v) is 6.18. The summed E-state index contributed by atoms with van der Waals surface area (Å²) in [6, 6.07) is 6.69. The zero-order chi connectivity index (χ0) is 20.9. The number of hydrogen-bond donors (Lipinski definition) is 1. The van der Waals surface area contributed by atoms with Gasteiger partial charge >= 0.3 is 0 Å². The van der Waals surface area contributed by atoms with Crippen molar-refractivity contribution >= 4 is 27.6 Å². The van der Waals surface area contributed by atoms with Crippen molar-refractivity contribution in [3.05, 3.63) is 36.0 Å². The zero-order valence-electron chi connectivity index (χ0n) is 16.6. The number of carbonyl (C=O) groups excluding carboxylic acids is 1. The van der Waals surface area contributed by atoms with Crippen LogP contribution in [0.3, 0.4) is 0 Å². The summed E-state index contributed by atoms with van der Waals surface area (Å²) in [5.41, 5.74) is 1.58. The van der Waals surface area contributed by atoms with Gasteiger partial charge in [0.2, 0.25) is 27.8 Å². The van der Waals surface area contributed by atoms with Crippen molar-refractivity contribution < 1.29 is 17.9 Å². The molecule has 0 radical (unpaired) electrons. The third-order valence-electron chi connectivity index (χ3n) is 6.17. The van der Waals surface area contributed by atoms with Gasteiger partial charge in [-0.25, -0.2) is 13.4 Å². The van der Waals surface area contributed by atoms with Crippen LogP contribution < -0.4 is 15.0 Å². The molecular weight excluding hydrogens is 406 g/mol. The quantitative estimate of drug-likeness (QED) is 0.777. The predicted octanol–water partition coefficient (Wildman–Crippen LogP) is 1.13. The van der Waals surface area contributed by atoms with Crippen LogP contribution >= 0.6 is 0 Å². The summed E-state index contributed by atoms with van der Waals surface area (Å²) in [4.78, 5) is 22.7. The molecular formula is C20H23N5O4S. The molecule has 2 saturated heterocycles. The number of hydrogen-bond acceptors (Lipinski definition) is 7. The number of fused-ring (bicyclic) bond motifs is 2. The molecule has 2 fully saturated rings. The van der Waals surface area contributed by atoms with Gasteiger partial charge in [-0.3, -0.25) is 4.79 Å². The van der Waals surface area contributed by atoms with Crippen LogP contribution in [0.4, 0.5) is 11.6 Å². The lowest BCUT2D eigenvalue weighted by molar-refractivity contribution is -0.116. The Labute approximate surface area is 175 Å². The highest BCUT2D eigenvalue weighted by Crippen LogP contribution is 2.36. The first-order valence-electron chi connectivity index (χ1n) is 9.99. The summed E-state index contributed by atoms with van der Waals surface area (Å²) in [7, 11) is -2.00. The number of carbonyl (C=O) groups is 1. The second-order valence-corrected chi connectivity index (χ2v) is 9.95. The van der Waals surface area contributed by atoms with Crippen LogP contribution in [0, 0.1) is 11.8 Å². The summed E-state index contributed by atoms with van der Waals surface area (Å²) in [6.07, 6.45) is 2.61. The number of ether oxygens (including phenoxy) is 1. The van der Waals surface area contributed by atoms with Gasteiger partial charge in [-0.1, -0.05) is 0 Å². The Morgan fingerprint density at radius 1 is 1.10 bits per heavy atom. The third-order valence-corrected chi connectivity index (χ3v) is 8.00. The molecule has 0 spiro atoms. The van der Waals surface area contributed by atoms with Crippen molar-refractivity contribution in [2.24, 2.45) is 11.8 Å². The van der Waals surface area contributed by atoms with Crippen molar-refractivity contribution in [2.45, 2.75) is 17.7 Å². The van der Waals surface area contributed by atoms with Gasteiger partial charge in [-0.2, -0.15) is 9.29 Å². The number of benzene rings is 1. The molecule has 3 aliphatic heterocycles. The third kappa shape index (κ3) is 3.29. The van der Waals surface area contributed by atoms with E-state index in [0.717, 1.165) is 18.7 Å². The van der Waals surface area contributed by atoms with Crippen LogP contribution in [0.1, 0.15) is 12.0 Å². The molecule has 9 nitrogen and oxygen atoms in total. The highest BCUT2D eigenvalue weighted by atomic mass is 32.2. The molecule has 0 bridgehead atoms. The number of aromatic nitrogens is 2. The van der Waals surface area contributed by atoms with Crippen molar-refractivity contribution in [1.82, 2.24) is 14.3 Å². The van der Waals surface area contributed by atoms with Gasteiger partial charge in [0.25, 0.3) is 0 Å². The molecule has 158 valence electrons. The Hall–Kier alpha value is -2.72. The summed E-state index contributed by atoms with van der Waals surface area (Å²) in [5.74, 6) is 1.59. The first kappa shape index (κ1) is 19.3. The number of nitrogens with zero attached hydrogens (tertiary/aromatic N) is 4. The van der Waals surface area contributed by atoms with E-state index in [4.69, 9.17) is 4.74 Å². The average molecular weight is 430 g/mol. The molecule has 30 heavy (non-hydrogen) atoms. The SMILES string of the molecule is COc1ccnc(N2CC3CN(S(=O)(=O)c4ccc5c(c4)CCC(=O)N5)CC3C2)n1.